The largest absolute Gasteiger partial charge is 0.472 e. The summed E-state index contributed by atoms with van der Waals surface area (Å²) < 4.78 is 11.7. The lowest BCUT2D eigenvalue weighted by Gasteiger charge is -2.65. The Kier molecular flexibility index (Phi) is 3.54. The monoisotopic (exact) mass is 408 g/mol. The number of fused-ring (bicyclic) bond motifs is 4. The minimum Gasteiger partial charge on any atom is -0.472 e. The number of ether oxygens (including phenoxy) is 1. The van der Waals surface area contributed by atoms with Crippen LogP contribution >= 0.6 is 0 Å². The maximum Gasteiger partial charge on any atom is 0.161 e. The third-order valence-corrected chi connectivity index (χ3v) is 10.2. The Bertz CT molecular complexity index is 975. The van der Waals surface area contributed by atoms with Gasteiger partial charge in [0.15, 0.2) is 5.78 Å². The van der Waals surface area contributed by atoms with Crippen LogP contribution in [0.3, 0.4) is 0 Å². The highest BCUT2D eigenvalue weighted by atomic mass is 16.5. The zero-order valence-electron chi connectivity index (χ0n) is 18.4. The van der Waals surface area contributed by atoms with Gasteiger partial charge in [0.25, 0.3) is 0 Å². The van der Waals surface area contributed by atoms with Crippen molar-refractivity contribution in [2.75, 3.05) is 6.61 Å². The van der Waals surface area contributed by atoms with E-state index in [1.807, 2.05) is 18.4 Å². The van der Waals surface area contributed by atoms with Crippen LogP contribution in [0, 0.1) is 33.5 Å². The summed E-state index contributed by atoms with van der Waals surface area (Å²) in [6, 6.07) is 2.08. The minimum absolute atomic E-state index is 0.0330. The molecule has 1 N–H and O–H groups in total. The zero-order chi connectivity index (χ0) is 21.1. The highest BCUT2D eigenvalue weighted by molar-refractivity contribution is 5.97. The molecule has 5 aliphatic rings. The average Bonchev–Trinajstić information content (AvgIpc) is 3.41. The highest BCUT2D eigenvalue weighted by Crippen LogP contribution is 2.73. The number of carbonyl (C=O) groups excluding carboxylic acids is 1. The molecular weight excluding hydrogens is 376 g/mol. The van der Waals surface area contributed by atoms with Gasteiger partial charge in [0, 0.05) is 22.2 Å². The molecule has 0 radical (unpaired) electrons. The maximum absolute atomic E-state index is 13.5. The van der Waals surface area contributed by atoms with Gasteiger partial charge in [-0.1, -0.05) is 45.4 Å². The molecule has 4 heteroatoms. The first-order chi connectivity index (χ1) is 14.2. The molecule has 9 atom stereocenters. The number of hydrogen-bond donors (Lipinski definition) is 1. The molecule has 0 unspecified atom stereocenters. The smallest absolute Gasteiger partial charge is 0.161 e. The quantitative estimate of drug-likeness (QED) is 0.687. The molecule has 3 fully saturated rings. The molecule has 1 aromatic rings. The molecule has 30 heavy (non-hydrogen) atoms. The molecule has 1 aromatic heterocycles. The van der Waals surface area contributed by atoms with Crippen molar-refractivity contribution in [1.82, 2.24) is 0 Å². The van der Waals surface area contributed by atoms with Gasteiger partial charge in [0.2, 0.25) is 0 Å². The summed E-state index contributed by atoms with van der Waals surface area (Å²) in [4.78, 5) is 13.5. The lowest BCUT2D eigenvalue weighted by Crippen LogP contribution is -2.69. The fourth-order valence-electron chi connectivity index (χ4n) is 8.87. The summed E-state index contributed by atoms with van der Waals surface area (Å²) in [5, 5.41) is 11.9. The maximum atomic E-state index is 13.5. The van der Waals surface area contributed by atoms with Crippen LogP contribution in [-0.2, 0) is 9.53 Å². The Balaban J connectivity index is 1.51. The second kappa shape index (κ2) is 5.58. The number of hydrogen-bond acceptors (Lipinski definition) is 4. The van der Waals surface area contributed by atoms with Crippen molar-refractivity contribution in [3.05, 3.63) is 48.0 Å². The molecule has 2 heterocycles. The summed E-state index contributed by atoms with van der Waals surface area (Å²) in [5.74, 6) is 0.726. The second-order valence-electron chi connectivity index (χ2n) is 11.4. The van der Waals surface area contributed by atoms with Gasteiger partial charge in [-0.2, -0.15) is 0 Å². The molecule has 0 amide bonds. The Hall–Kier alpha value is -1.65. The van der Waals surface area contributed by atoms with E-state index in [1.54, 1.807) is 6.26 Å². The van der Waals surface area contributed by atoms with Gasteiger partial charge < -0.3 is 14.3 Å². The molecule has 0 aromatic carbocycles. The van der Waals surface area contributed by atoms with Crippen molar-refractivity contribution in [2.24, 2.45) is 33.5 Å². The highest BCUT2D eigenvalue weighted by Gasteiger charge is 2.74. The van der Waals surface area contributed by atoms with E-state index in [-0.39, 0.29) is 34.6 Å². The summed E-state index contributed by atoms with van der Waals surface area (Å²) >= 11 is 0. The van der Waals surface area contributed by atoms with Gasteiger partial charge in [0.1, 0.15) is 0 Å². The van der Waals surface area contributed by atoms with Crippen LogP contribution in [0.25, 0.3) is 0 Å². The number of aliphatic hydroxyl groups excluding tert-OH is 1. The Morgan fingerprint density at radius 3 is 2.70 bits per heavy atom. The van der Waals surface area contributed by atoms with Crippen LogP contribution in [0.5, 0.6) is 0 Å². The van der Waals surface area contributed by atoms with Crippen LogP contribution < -0.4 is 0 Å². The number of rotatable bonds is 1. The van der Waals surface area contributed by atoms with Crippen LogP contribution in [0.1, 0.15) is 58.4 Å². The van der Waals surface area contributed by atoms with Gasteiger partial charge >= 0.3 is 0 Å². The van der Waals surface area contributed by atoms with E-state index in [0.29, 0.717) is 12.5 Å². The lowest BCUT2D eigenvalue weighted by molar-refractivity contribution is -0.199. The Labute approximate surface area is 178 Å². The van der Waals surface area contributed by atoms with Gasteiger partial charge in [-0.15, -0.1) is 0 Å². The predicted octanol–water partition coefficient (Wildman–Crippen LogP) is 4.66. The van der Waals surface area contributed by atoms with E-state index in [2.05, 4.69) is 39.8 Å². The molecule has 4 aliphatic carbocycles. The molecular formula is C26H32O4. The number of ketones is 1. The third-order valence-electron chi connectivity index (χ3n) is 10.2. The zero-order valence-corrected chi connectivity index (χ0v) is 18.4. The van der Waals surface area contributed by atoms with Crippen LogP contribution in [0.2, 0.25) is 0 Å². The van der Waals surface area contributed by atoms with Crippen molar-refractivity contribution < 1.29 is 19.1 Å². The van der Waals surface area contributed by atoms with Crippen molar-refractivity contribution in [3.63, 3.8) is 0 Å². The number of furan rings is 1. The molecule has 2 saturated carbocycles. The molecule has 1 saturated heterocycles. The van der Waals surface area contributed by atoms with Gasteiger partial charge in [-0.05, 0) is 54.2 Å². The van der Waals surface area contributed by atoms with E-state index in [1.165, 1.54) is 11.1 Å². The molecule has 160 valence electrons. The Morgan fingerprint density at radius 1 is 1.17 bits per heavy atom. The number of allylic oxidation sites excluding steroid dienone is 2. The van der Waals surface area contributed by atoms with Crippen molar-refractivity contribution >= 4 is 5.78 Å². The van der Waals surface area contributed by atoms with E-state index in [4.69, 9.17) is 9.15 Å². The summed E-state index contributed by atoms with van der Waals surface area (Å²) in [5.41, 5.74) is 1.39. The SMILES string of the molecule is C[C@]12C3=CC[C@@H](c4ccoc4)[C@]3(C)CC[C@@H]1[C@@]1(C)C(=O)C=C[C@@]3(C)CO[C@H]([C@H]13)[C@@H]2O. The van der Waals surface area contributed by atoms with E-state index < -0.39 is 16.9 Å². The fourth-order valence-corrected chi connectivity index (χ4v) is 8.87. The van der Waals surface area contributed by atoms with E-state index >= 15 is 0 Å². The summed E-state index contributed by atoms with van der Waals surface area (Å²) in [7, 11) is 0. The average molecular weight is 409 g/mol. The van der Waals surface area contributed by atoms with Gasteiger partial charge in [-0.3, -0.25) is 4.79 Å². The standard InChI is InChI=1S/C26H32O4/c1-23-10-8-19(27)26(4)18-7-11-24(2)16(15-9-12-29-13-15)5-6-17(24)25(18,3)22(28)20(21(23)26)30-14-23/h6,8-10,12-13,16,18,20-22,28H,5,7,11,14H2,1-4H3/t16-,18-,20+,21-,22-,23-,24-,25-,26-/m0/s1. The Morgan fingerprint density at radius 2 is 1.97 bits per heavy atom. The van der Waals surface area contributed by atoms with Crippen LogP contribution in [-0.4, -0.2) is 29.7 Å². The first kappa shape index (κ1) is 19.1. The first-order valence-corrected chi connectivity index (χ1v) is 11.4. The molecule has 0 spiro atoms. The topological polar surface area (TPSA) is 59.7 Å². The van der Waals surface area contributed by atoms with Crippen molar-refractivity contribution in [2.45, 2.75) is 65.1 Å². The molecule has 4 nitrogen and oxygen atoms in total. The van der Waals surface area contributed by atoms with E-state index in [9.17, 15) is 9.90 Å². The minimum atomic E-state index is -0.601. The number of aliphatic hydroxyl groups is 1. The first-order valence-electron chi connectivity index (χ1n) is 11.4. The van der Waals surface area contributed by atoms with Gasteiger partial charge in [0.05, 0.1) is 31.3 Å². The fraction of sp³-hybridized carbons (Fsp3) is 0.654. The lowest BCUT2D eigenvalue weighted by atomic mass is 9.38. The summed E-state index contributed by atoms with van der Waals surface area (Å²) in [6.45, 7) is 9.52. The molecule has 0 bridgehead atoms. The third kappa shape index (κ3) is 1.90. The van der Waals surface area contributed by atoms with Crippen LogP contribution in [0.15, 0.2) is 46.8 Å². The van der Waals surface area contributed by atoms with Gasteiger partial charge in [-0.25, -0.2) is 0 Å². The van der Waals surface area contributed by atoms with Crippen molar-refractivity contribution in [1.29, 1.82) is 0 Å². The molecule has 1 aliphatic heterocycles. The van der Waals surface area contributed by atoms with Crippen molar-refractivity contribution in [3.8, 4) is 0 Å². The summed E-state index contributed by atoms with van der Waals surface area (Å²) in [6.07, 6.45) is 11.9. The predicted molar refractivity (Wildman–Crippen MR) is 113 cm³/mol. The number of carbonyl (C=O) groups is 1. The van der Waals surface area contributed by atoms with E-state index in [0.717, 1.165) is 19.3 Å². The van der Waals surface area contributed by atoms with Crippen LogP contribution in [0.4, 0.5) is 0 Å². The normalized spacial score (nSPS) is 53.8. The molecule has 6 rings (SSSR count). The second-order valence-corrected chi connectivity index (χ2v) is 11.4.